The van der Waals surface area contributed by atoms with Crippen LogP contribution in [0.15, 0.2) is 60.7 Å². The zero-order valence-corrected chi connectivity index (χ0v) is 24.1. The van der Waals surface area contributed by atoms with Gasteiger partial charge >= 0.3 is 0 Å². The number of aryl methyl sites for hydroxylation is 4. The van der Waals surface area contributed by atoms with E-state index in [4.69, 9.17) is 0 Å². The van der Waals surface area contributed by atoms with E-state index in [9.17, 15) is 0 Å². The van der Waals surface area contributed by atoms with Gasteiger partial charge in [-0.15, -0.1) is 68.0 Å². The molecule has 0 aromatic carbocycles. The first-order valence-corrected chi connectivity index (χ1v) is 15.9. The predicted molar refractivity (Wildman–Crippen MR) is 160 cm³/mol. The molecule has 6 aromatic heterocycles. The molecule has 0 aliphatic heterocycles. The van der Waals surface area contributed by atoms with E-state index in [0.717, 1.165) is 0 Å². The summed E-state index contributed by atoms with van der Waals surface area (Å²) in [5.41, 5.74) is 2.74. The third-order valence-electron chi connectivity index (χ3n) is 5.70. The molecule has 0 nitrogen and oxygen atoms in total. The molecular formula is C28H22S6. The van der Waals surface area contributed by atoms with Crippen molar-refractivity contribution in [1.29, 1.82) is 0 Å². The minimum atomic E-state index is 1.37. The van der Waals surface area contributed by atoms with Crippen molar-refractivity contribution < 1.29 is 0 Å². The quantitative estimate of drug-likeness (QED) is 0.200. The van der Waals surface area contributed by atoms with Gasteiger partial charge in [-0.1, -0.05) is 0 Å². The van der Waals surface area contributed by atoms with Crippen molar-refractivity contribution in [1.82, 2.24) is 0 Å². The van der Waals surface area contributed by atoms with E-state index in [0.29, 0.717) is 0 Å². The summed E-state index contributed by atoms with van der Waals surface area (Å²) < 4.78 is 0. The van der Waals surface area contributed by atoms with Crippen LogP contribution in [-0.2, 0) is 0 Å². The molecule has 0 fully saturated rings. The first-order valence-electron chi connectivity index (χ1n) is 11.0. The molecule has 0 aliphatic carbocycles. The minimum Gasteiger partial charge on any atom is -0.140 e. The molecule has 0 bridgehead atoms. The summed E-state index contributed by atoms with van der Waals surface area (Å²) in [7, 11) is 0. The first kappa shape index (κ1) is 22.7. The van der Waals surface area contributed by atoms with Gasteiger partial charge in [0.2, 0.25) is 0 Å². The van der Waals surface area contributed by atoms with Crippen molar-refractivity contribution in [3.05, 3.63) is 81.5 Å². The lowest BCUT2D eigenvalue weighted by molar-refractivity contribution is 1.54. The molecule has 0 aliphatic rings. The largest absolute Gasteiger partial charge is 0.140 e. The molecule has 0 saturated heterocycles. The van der Waals surface area contributed by atoms with Crippen LogP contribution < -0.4 is 0 Å². The maximum Gasteiger partial charge on any atom is 0.0478 e. The van der Waals surface area contributed by atoms with Gasteiger partial charge in [0.25, 0.3) is 0 Å². The molecule has 6 aromatic rings. The Labute approximate surface area is 224 Å². The summed E-state index contributed by atoms with van der Waals surface area (Å²) in [6.45, 7) is 8.85. The molecule has 0 atom stereocenters. The highest BCUT2D eigenvalue weighted by Crippen LogP contribution is 2.48. The van der Waals surface area contributed by atoms with E-state index < -0.39 is 0 Å². The summed E-state index contributed by atoms with van der Waals surface area (Å²) in [5, 5.41) is 0. The first-order chi connectivity index (χ1) is 16.4. The van der Waals surface area contributed by atoms with Gasteiger partial charge in [0.05, 0.1) is 0 Å². The van der Waals surface area contributed by atoms with E-state index in [-0.39, 0.29) is 0 Å². The normalized spacial score (nSPS) is 11.5. The summed E-state index contributed by atoms with van der Waals surface area (Å²) in [5.74, 6) is 0. The molecule has 0 N–H and O–H groups in total. The van der Waals surface area contributed by atoms with Crippen molar-refractivity contribution >= 4 is 68.0 Å². The van der Waals surface area contributed by atoms with Gasteiger partial charge in [-0.05, 0) is 99.5 Å². The van der Waals surface area contributed by atoms with Crippen LogP contribution in [-0.4, -0.2) is 0 Å². The van der Waals surface area contributed by atoms with Gasteiger partial charge in [-0.25, -0.2) is 0 Å². The van der Waals surface area contributed by atoms with E-state index in [1.807, 2.05) is 68.0 Å². The lowest BCUT2D eigenvalue weighted by Gasteiger charge is -1.94. The molecule has 6 heteroatoms. The summed E-state index contributed by atoms with van der Waals surface area (Å²) in [6.07, 6.45) is 0. The SMILES string of the molecule is Cc1ccc(-c2ccc(-c3sc(-c4cc(C)c(-c5ccc(-c6ccc(C)s6)s5)s4)cc3C)s2)s1. The third kappa shape index (κ3) is 4.21. The average Bonchev–Trinajstić information content (AvgIpc) is 3.61. The van der Waals surface area contributed by atoms with Crippen molar-refractivity contribution in [2.45, 2.75) is 27.7 Å². The highest BCUT2D eigenvalue weighted by Gasteiger charge is 2.17. The molecule has 0 radical (unpaired) electrons. The highest BCUT2D eigenvalue weighted by molar-refractivity contribution is 7.30. The van der Waals surface area contributed by atoms with Gasteiger partial charge in [0, 0.05) is 58.5 Å². The summed E-state index contributed by atoms with van der Waals surface area (Å²) >= 11 is 11.4. The lowest BCUT2D eigenvalue weighted by atomic mass is 10.2. The Hall–Kier alpha value is -1.80. The standard InChI is InChI=1S/C28H22S6/c1-15-13-25(33-27(15)23-11-9-21(31-23)19-7-5-17(3)29-19)26-14-16(2)28(34-26)24-12-10-22(32-24)20-8-6-18(4)30-20/h5-14H,1-4H3. The zero-order chi connectivity index (χ0) is 23.4. The summed E-state index contributed by atoms with van der Waals surface area (Å²) in [6, 6.07) is 22.8. The van der Waals surface area contributed by atoms with Gasteiger partial charge in [0.15, 0.2) is 0 Å². The topological polar surface area (TPSA) is 0 Å². The second kappa shape index (κ2) is 9.01. The van der Waals surface area contributed by atoms with E-state index >= 15 is 0 Å². The molecule has 6 rings (SSSR count). The molecule has 0 spiro atoms. The van der Waals surface area contributed by atoms with Crippen LogP contribution in [0.25, 0.3) is 48.8 Å². The molecule has 34 heavy (non-hydrogen) atoms. The van der Waals surface area contributed by atoms with E-state index in [1.165, 1.54) is 69.7 Å². The molecule has 170 valence electrons. The monoisotopic (exact) mass is 550 g/mol. The van der Waals surface area contributed by atoms with Gasteiger partial charge in [-0.3, -0.25) is 0 Å². The molecule has 0 saturated carbocycles. The van der Waals surface area contributed by atoms with Crippen LogP contribution in [0.2, 0.25) is 0 Å². The zero-order valence-electron chi connectivity index (χ0n) is 19.2. The van der Waals surface area contributed by atoms with E-state index in [1.54, 1.807) is 0 Å². The Bertz CT molecular complexity index is 1480. The molecular weight excluding hydrogens is 529 g/mol. The third-order valence-corrected chi connectivity index (χ3v) is 13.3. The van der Waals surface area contributed by atoms with Crippen LogP contribution in [0.3, 0.4) is 0 Å². The van der Waals surface area contributed by atoms with Gasteiger partial charge < -0.3 is 0 Å². The van der Waals surface area contributed by atoms with Crippen molar-refractivity contribution in [2.24, 2.45) is 0 Å². The predicted octanol–water partition coefficient (Wildman–Crippen LogP) is 11.6. The molecule has 0 unspecified atom stereocenters. The van der Waals surface area contributed by atoms with Gasteiger partial charge in [0.1, 0.15) is 0 Å². The van der Waals surface area contributed by atoms with Crippen LogP contribution in [0.4, 0.5) is 0 Å². The van der Waals surface area contributed by atoms with Crippen LogP contribution in [0.1, 0.15) is 20.9 Å². The van der Waals surface area contributed by atoms with E-state index in [2.05, 4.69) is 88.4 Å². The Kier molecular flexibility index (Phi) is 6.00. The molecule has 0 amide bonds. The van der Waals surface area contributed by atoms with Crippen molar-refractivity contribution in [2.75, 3.05) is 0 Å². The van der Waals surface area contributed by atoms with Crippen molar-refractivity contribution in [3.63, 3.8) is 0 Å². The van der Waals surface area contributed by atoms with Crippen LogP contribution in [0.5, 0.6) is 0 Å². The van der Waals surface area contributed by atoms with Gasteiger partial charge in [-0.2, -0.15) is 0 Å². The number of rotatable bonds is 5. The number of hydrogen-bond donors (Lipinski definition) is 0. The Morgan fingerprint density at radius 1 is 0.353 bits per heavy atom. The fourth-order valence-corrected chi connectivity index (χ4v) is 10.7. The van der Waals surface area contributed by atoms with Crippen LogP contribution >= 0.6 is 68.0 Å². The Balaban J connectivity index is 1.30. The maximum atomic E-state index is 2.37. The minimum absolute atomic E-state index is 1.37. The fraction of sp³-hybridized carbons (Fsp3) is 0.143. The number of hydrogen-bond acceptors (Lipinski definition) is 6. The van der Waals surface area contributed by atoms with Crippen LogP contribution in [0, 0.1) is 27.7 Å². The second-order valence-electron chi connectivity index (χ2n) is 8.39. The highest BCUT2D eigenvalue weighted by atomic mass is 32.1. The summed E-state index contributed by atoms with van der Waals surface area (Å²) in [4.78, 5) is 16.5. The maximum absolute atomic E-state index is 2.37. The van der Waals surface area contributed by atoms with Crippen molar-refractivity contribution in [3.8, 4) is 48.8 Å². The average molecular weight is 551 g/mol. The second-order valence-corrected chi connectivity index (χ2v) is 15.2. The lowest BCUT2D eigenvalue weighted by Crippen LogP contribution is -1.67. The number of thiophene rings is 6. The smallest absolute Gasteiger partial charge is 0.0478 e. The molecule has 6 heterocycles. The fourth-order valence-electron chi connectivity index (χ4n) is 4.01. The Morgan fingerprint density at radius 3 is 1.09 bits per heavy atom. The Morgan fingerprint density at radius 2 is 0.706 bits per heavy atom.